The van der Waals surface area contributed by atoms with Crippen molar-refractivity contribution in [1.82, 2.24) is 0 Å². The molecule has 0 amide bonds. The number of phenolic OH excluding ortho intramolecular Hbond substituents is 2. The SMILES string of the molecule is COc1cc(C[C@H]2C(=O)OC[C@@H]2Cc2ccc(OC(C)C)c(O)c2)cc(OC)c1O. The first-order chi connectivity index (χ1) is 14.3. The Morgan fingerprint density at radius 3 is 2.23 bits per heavy atom. The molecule has 2 N–H and O–H groups in total. The van der Waals surface area contributed by atoms with Gasteiger partial charge in [0.25, 0.3) is 0 Å². The molecule has 3 rings (SSSR count). The molecule has 2 atom stereocenters. The van der Waals surface area contributed by atoms with Gasteiger partial charge < -0.3 is 29.2 Å². The second-order valence-electron chi connectivity index (χ2n) is 7.72. The summed E-state index contributed by atoms with van der Waals surface area (Å²) in [5, 5.41) is 20.3. The summed E-state index contributed by atoms with van der Waals surface area (Å²) in [5.74, 6) is 0.375. The van der Waals surface area contributed by atoms with Crippen LogP contribution in [0.4, 0.5) is 0 Å². The number of cyclic esters (lactones) is 1. The molecule has 0 radical (unpaired) electrons. The lowest BCUT2D eigenvalue weighted by molar-refractivity contribution is -0.141. The van der Waals surface area contributed by atoms with Gasteiger partial charge in [0.15, 0.2) is 23.0 Å². The highest BCUT2D eigenvalue weighted by Gasteiger charge is 2.37. The quantitative estimate of drug-likeness (QED) is 0.636. The van der Waals surface area contributed by atoms with E-state index in [1.54, 1.807) is 24.3 Å². The van der Waals surface area contributed by atoms with Gasteiger partial charge in [0.2, 0.25) is 5.75 Å². The number of rotatable bonds is 8. The van der Waals surface area contributed by atoms with Crippen LogP contribution in [-0.2, 0) is 22.4 Å². The van der Waals surface area contributed by atoms with Gasteiger partial charge in [0.1, 0.15) is 0 Å². The molecule has 7 nitrogen and oxygen atoms in total. The number of esters is 1. The maximum atomic E-state index is 12.4. The fourth-order valence-electron chi connectivity index (χ4n) is 3.72. The molecule has 7 heteroatoms. The van der Waals surface area contributed by atoms with Crippen LogP contribution in [-0.4, -0.2) is 43.1 Å². The second-order valence-corrected chi connectivity index (χ2v) is 7.72. The van der Waals surface area contributed by atoms with E-state index in [1.165, 1.54) is 14.2 Å². The van der Waals surface area contributed by atoms with E-state index in [2.05, 4.69) is 0 Å². The predicted molar refractivity (Wildman–Crippen MR) is 110 cm³/mol. The van der Waals surface area contributed by atoms with Crippen LogP contribution in [0.15, 0.2) is 30.3 Å². The first-order valence-corrected chi connectivity index (χ1v) is 9.91. The van der Waals surface area contributed by atoms with E-state index in [4.69, 9.17) is 18.9 Å². The molecular weight excluding hydrogens is 388 g/mol. The number of benzene rings is 2. The zero-order valence-electron chi connectivity index (χ0n) is 17.7. The monoisotopic (exact) mass is 416 g/mol. The molecule has 0 saturated carbocycles. The van der Waals surface area contributed by atoms with Crippen molar-refractivity contribution in [3.05, 3.63) is 41.5 Å². The molecule has 30 heavy (non-hydrogen) atoms. The third-order valence-electron chi connectivity index (χ3n) is 5.19. The summed E-state index contributed by atoms with van der Waals surface area (Å²) in [4.78, 5) is 12.4. The smallest absolute Gasteiger partial charge is 0.309 e. The molecule has 1 saturated heterocycles. The number of methoxy groups -OCH3 is 2. The molecule has 0 bridgehead atoms. The lowest BCUT2D eigenvalue weighted by atomic mass is 9.85. The van der Waals surface area contributed by atoms with Gasteiger partial charge in [-0.1, -0.05) is 6.07 Å². The minimum absolute atomic E-state index is 0.0359. The van der Waals surface area contributed by atoms with Crippen LogP contribution in [0.1, 0.15) is 25.0 Å². The highest BCUT2D eigenvalue weighted by molar-refractivity contribution is 5.75. The molecule has 2 aromatic rings. The first kappa shape index (κ1) is 21.6. The van der Waals surface area contributed by atoms with Crippen molar-refractivity contribution in [2.24, 2.45) is 11.8 Å². The van der Waals surface area contributed by atoms with E-state index in [9.17, 15) is 15.0 Å². The first-order valence-electron chi connectivity index (χ1n) is 9.91. The summed E-state index contributed by atoms with van der Waals surface area (Å²) >= 11 is 0. The van der Waals surface area contributed by atoms with Gasteiger partial charge in [-0.2, -0.15) is 0 Å². The van der Waals surface area contributed by atoms with Crippen molar-refractivity contribution in [2.75, 3.05) is 20.8 Å². The maximum absolute atomic E-state index is 12.4. The van der Waals surface area contributed by atoms with Crippen molar-refractivity contribution in [2.45, 2.75) is 32.8 Å². The van der Waals surface area contributed by atoms with Crippen LogP contribution in [0, 0.1) is 11.8 Å². The van der Waals surface area contributed by atoms with Crippen LogP contribution in [0.2, 0.25) is 0 Å². The number of carbonyl (C=O) groups excluding carboxylic acids is 1. The zero-order valence-corrected chi connectivity index (χ0v) is 17.7. The average Bonchev–Trinajstić information content (AvgIpc) is 3.04. The summed E-state index contributed by atoms with van der Waals surface area (Å²) in [6.07, 6.45) is 0.973. The molecule has 0 aliphatic carbocycles. The third-order valence-corrected chi connectivity index (χ3v) is 5.19. The molecule has 0 aromatic heterocycles. The van der Waals surface area contributed by atoms with Crippen molar-refractivity contribution in [3.8, 4) is 28.7 Å². The molecule has 1 fully saturated rings. The van der Waals surface area contributed by atoms with Gasteiger partial charge in [-0.3, -0.25) is 4.79 Å². The van der Waals surface area contributed by atoms with Crippen LogP contribution in [0.3, 0.4) is 0 Å². The van der Waals surface area contributed by atoms with E-state index < -0.39 is 0 Å². The molecular formula is C23H28O7. The van der Waals surface area contributed by atoms with Crippen molar-refractivity contribution >= 4 is 5.97 Å². The molecule has 0 spiro atoms. The topological polar surface area (TPSA) is 94.5 Å². The Morgan fingerprint density at radius 1 is 1.00 bits per heavy atom. The lowest BCUT2D eigenvalue weighted by Gasteiger charge is -2.18. The van der Waals surface area contributed by atoms with Gasteiger partial charge in [0.05, 0.1) is 32.8 Å². The van der Waals surface area contributed by atoms with Crippen LogP contribution < -0.4 is 14.2 Å². The van der Waals surface area contributed by atoms with Crippen LogP contribution >= 0.6 is 0 Å². The van der Waals surface area contributed by atoms with Gasteiger partial charge in [-0.15, -0.1) is 0 Å². The predicted octanol–water partition coefficient (Wildman–Crippen LogP) is 3.48. The van der Waals surface area contributed by atoms with Crippen molar-refractivity contribution in [3.63, 3.8) is 0 Å². The Kier molecular flexibility index (Phi) is 6.59. The highest BCUT2D eigenvalue weighted by atomic mass is 16.5. The highest BCUT2D eigenvalue weighted by Crippen LogP contribution is 2.39. The normalized spacial score (nSPS) is 18.4. The summed E-state index contributed by atoms with van der Waals surface area (Å²) in [5.41, 5.74) is 1.71. The van der Waals surface area contributed by atoms with Gasteiger partial charge in [-0.25, -0.2) is 0 Å². The molecule has 2 aromatic carbocycles. The largest absolute Gasteiger partial charge is 0.504 e. The van der Waals surface area contributed by atoms with Crippen LogP contribution in [0.25, 0.3) is 0 Å². The maximum Gasteiger partial charge on any atom is 0.309 e. The Bertz CT molecular complexity index is 881. The molecule has 1 aliphatic rings. The van der Waals surface area contributed by atoms with Gasteiger partial charge >= 0.3 is 5.97 Å². The summed E-state index contributed by atoms with van der Waals surface area (Å²) in [7, 11) is 2.92. The Hall–Kier alpha value is -3.09. The fourth-order valence-corrected chi connectivity index (χ4v) is 3.72. The van der Waals surface area contributed by atoms with Crippen molar-refractivity contribution in [1.29, 1.82) is 0 Å². The van der Waals surface area contributed by atoms with E-state index >= 15 is 0 Å². The minimum Gasteiger partial charge on any atom is -0.504 e. The number of aromatic hydroxyl groups is 2. The molecule has 1 heterocycles. The van der Waals surface area contributed by atoms with Crippen molar-refractivity contribution < 1.29 is 34.0 Å². The standard InChI is InChI=1S/C23H28O7/c1-13(2)30-19-6-5-14(9-18(19)24)7-16-12-29-23(26)17(16)8-15-10-20(27-3)22(25)21(11-15)28-4/h5-6,9-11,13,16-17,24-25H,7-8,12H2,1-4H3/t16-,17+/m0/s1. The number of hydrogen-bond donors (Lipinski definition) is 2. The second kappa shape index (κ2) is 9.15. The third kappa shape index (κ3) is 4.72. The summed E-state index contributed by atoms with van der Waals surface area (Å²) in [6.45, 7) is 4.11. The Labute approximate surface area is 176 Å². The fraction of sp³-hybridized carbons (Fsp3) is 0.435. The van der Waals surface area contributed by atoms with E-state index in [0.29, 0.717) is 25.2 Å². The van der Waals surface area contributed by atoms with E-state index in [-0.39, 0.29) is 46.9 Å². The number of carbonyl (C=O) groups is 1. The van der Waals surface area contributed by atoms with Gasteiger partial charge in [-0.05, 0) is 62.1 Å². The molecule has 162 valence electrons. The Morgan fingerprint density at radius 2 is 1.67 bits per heavy atom. The summed E-state index contributed by atoms with van der Waals surface area (Å²) < 4.78 is 21.3. The lowest BCUT2D eigenvalue weighted by Crippen LogP contribution is -2.20. The average molecular weight is 416 g/mol. The minimum atomic E-state index is -0.349. The van der Waals surface area contributed by atoms with E-state index in [1.807, 2.05) is 19.9 Å². The van der Waals surface area contributed by atoms with Crippen LogP contribution in [0.5, 0.6) is 28.7 Å². The zero-order chi connectivity index (χ0) is 21.8. The number of phenols is 2. The van der Waals surface area contributed by atoms with E-state index in [0.717, 1.165) is 11.1 Å². The number of ether oxygens (including phenoxy) is 4. The Balaban J connectivity index is 1.77. The van der Waals surface area contributed by atoms with Gasteiger partial charge in [0, 0.05) is 5.92 Å². The molecule has 0 unspecified atom stereocenters. The number of hydrogen-bond acceptors (Lipinski definition) is 7. The molecule has 1 aliphatic heterocycles. The summed E-state index contributed by atoms with van der Waals surface area (Å²) in [6, 6.07) is 8.70.